The van der Waals surface area contributed by atoms with Crippen LogP contribution in [0.1, 0.15) is 71.0 Å². The first kappa shape index (κ1) is 38.9. The average molecular weight is 717 g/mol. The Balaban J connectivity index is 0.00000625. The number of allylic oxidation sites excluding steroid dienone is 2. The van der Waals surface area contributed by atoms with Gasteiger partial charge in [0.15, 0.2) is 0 Å². The van der Waals surface area contributed by atoms with Gasteiger partial charge in [-0.05, 0) is 84.8 Å². The van der Waals surface area contributed by atoms with E-state index in [9.17, 15) is 24.3 Å². The number of benzene rings is 2. The summed E-state index contributed by atoms with van der Waals surface area (Å²) in [5.74, 6) is -1.93. The molecule has 0 fully saturated rings. The van der Waals surface area contributed by atoms with Crippen molar-refractivity contribution in [3.8, 4) is 5.75 Å². The van der Waals surface area contributed by atoms with E-state index in [1.165, 1.54) is 17.0 Å². The number of likely N-dealkylation sites (N-methyl/N-ethyl adjacent to an activating group) is 1. The Morgan fingerprint density at radius 2 is 1.60 bits per heavy atom. The first-order valence-corrected chi connectivity index (χ1v) is 16.8. The van der Waals surface area contributed by atoms with Gasteiger partial charge in [-0.25, -0.2) is 0 Å². The molecule has 4 N–H and O–H groups in total. The summed E-state index contributed by atoms with van der Waals surface area (Å²) in [5, 5.41) is 16.7. The van der Waals surface area contributed by atoms with Crippen LogP contribution >= 0.6 is 15.9 Å². The van der Waals surface area contributed by atoms with Gasteiger partial charge in [-0.3, -0.25) is 19.2 Å². The molecule has 2 aromatic carbocycles. The number of cyclic esters (lactones) is 1. The van der Waals surface area contributed by atoms with Gasteiger partial charge in [0.05, 0.1) is 23.2 Å². The number of aromatic hydroxyl groups is 1. The number of amides is 3. The van der Waals surface area contributed by atoms with Crippen molar-refractivity contribution in [2.24, 2.45) is 11.8 Å². The van der Waals surface area contributed by atoms with Crippen LogP contribution in [0, 0.1) is 11.8 Å². The van der Waals surface area contributed by atoms with Gasteiger partial charge in [0.1, 0.15) is 17.8 Å². The number of halogens is 1. The predicted molar refractivity (Wildman–Crippen MR) is 184 cm³/mol. The molecule has 252 valence electrons. The van der Waals surface area contributed by atoms with E-state index < -0.39 is 42.0 Å². The fourth-order valence-electron chi connectivity index (χ4n) is 6.28. The number of fused-ring (bicyclic) bond motifs is 1. The van der Waals surface area contributed by atoms with Crippen molar-refractivity contribution in [3.05, 3.63) is 75.9 Å². The molecule has 1 aliphatic rings. The minimum Gasteiger partial charge on any atom is -0.508 e. The van der Waals surface area contributed by atoms with Crippen LogP contribution in [0.15, 0.2) is 64.8 Å². The number of H-pyrrole nitrogens is 1. The molecular weight excluding hydrogens is 671 g/mol. The number of nitrogens with one attached hydrogen (secondary N) is 3. The first-order chi connectivity index (χ1) is 22.2. The van der Waals surface area contributed by atoms with Crippen molar-refractivity contribution < 1.29 is 47.9 Å². The third kappa shape index (κ3) is 10.0. The largest absolute Gasteiger partial charge is 1.00 e. The molecule has 3 amide bonds. The zero-order chi connectivity index (χ0) is 34.4. The summed E-state index contributed by atoms with van der Waals surface area (Å²) in [6.07, 6.45) is 2.76. The van der Waals surface area contributed by atoms with E-state index in [1.54, 1.807) is 26.1 Å². The van der Waals surface area contributed by atoms with Gasteiger partial charge in [0, 0.05) is 30.3 Å². The monoisotopic (exact) mass is 715 g/mol. The maximum Gasteiger partial charge on any atom is 1.00 e. The Morgan fingerprint density at radius 1 is 0.938 bits per heavy atom. The zero-order valence-electron chi connectivity index (χ0n) is 28.8. The van der Waals surface area contributed by atoms with E-state index in [2.05, 4.69) is 37.6 Å². The van der Waals surface area contributed by atoms with Gasteiger partial charge in [0.2, 0.25) is 17.7 Å². The van der Waals surface area contributed by atoms with Crippen LogP contribution in [0.3, 0.4) is 0 Å². The molecule has 4 rings (SSSR count). The summed E-state index contributed by atoms with van der Waals surface area (Å²) in [6, 6.07) is 11.2. The second kappa shape index (κ2) is 17.2. The Labute approximate surface area is 302 Å². The van der Waals surface area contributed by atoms with Gasteiger partial charge in [0.25, 0.3) is 0 Å². The molecule has 0 saturated heterocycles. The van der Waals surface area contributed by atoms with E-state index >= 15 is 0 Å². The number of aromatic nitrogens is 1. The molecule has 0 saturated carbocycles. The number of esters is 1. The summed E-state index contributed by atoms with van der Waals surface area (Å²) < 4.78 is 6.47. The molecule has 12 heteroatoms. The minimum absolute atomic E-state index is 0. The zero-order valence-corrected chi connectivity index (χ0v) is 30.4. The van der Waals surface area contributed by atoms with Crippen LogP contribution in [0.25, 0.3) is 10.9 Å². The van der Waals surface area contributed by atoms with Crippen LogP contribution < -0.4 is 29.5 Å². The summed E-state index contributed by atoms with van der Waals surface area (Å²) in [7, 11) is 1.55. The van der Waals surface area contributed by atoms with Crippen LogP contribution in [0.2, 0.25) is 0 Å². The summed E-state index contributed by atoms with van der Waals surface area (Å²) in [6.45, 7) is 9.27. The topological polar surface area (TPSA) is 141 Å². The fourth-order valence-corrected chi connectivity index (χ4v) is 6.87. The second-order valence-electron chi connectivity index (χ2n) is 12.9. The van der Waals surface area contributed by atoms with Crippen molar-refractivity contribution in [1.29, 1.82) is 0 Å². The van der Waals surface area contributed by atoms with Crippen molar-refractivity contribution in [2.75, 3.05) is 7.05 Å². The third-order valence-electron chi connectivity index (χ3n) is 8.67. The number of aromatic amines is 1. The number of phenols is 1. The molecular formula is C36H45BrLiN4O6+. The van der Waals surface area contributed by atoms with Crippen LogP contribution in [0.4, 0.5) is 0 Å². The van der Waals surface area contributed by atoms with Gasteiger partial charge in [-0.15, -0.1) is 0 Å². The number of carbonyl (C=O) groups excluding carboxylic acids is 4. The van der Waals surface area contributed by atoms with Crippen LogP contribution in [-0.4, -0.2) is 63.9 Å². The van der Waals surface area contributed by atoms with Gasteiger partial charge >= 0.3 is 24.8 Å². The van der Waals surface area contributed by atoms with E-state index in [0.29, 0.717) is 23.0 Å². The molecule has 0 spiro atoms. The molecule has 1 aliphatic heterocycles. The number of para-hydroxylation sites is 1. The Bertz CT molecular complexity index is 1640. The maximum atomic E-state index is 14.3. The van der Waals surface area contributed by atoms with E-state index in [0.717, 1.165) is 22.0 Å². The summed E-state index contributed by atoms with van der Waals surface area (Å²) in [4.78, 5) is 59.2. The molecule has 2 heterocycles. The number of nitrogens with zero attached hydrogens (tertiary/aromatic N) is 1. The second-order valence-corrected chi connectivity index (χ2v) is 13.6. The quantitative estimate of drug-likeness (QED) is 0.187. The smallest absolute Gasteiger partial charge is 0.508 e. The van der Waals surface area contributed by atoms with Crippen LogP contribution in [0.5, 0.6) is 5.75 Å². The normalized spacial score (nSPS) is 26.6. The molecule has 0 unspecified atom stereocenters. The molecule has 0 radical (unpaired) electrons. The molecule has 6 atom stereocenters. The standard InChI is InChI=1S/C36H45BrN4O6.Li/c1-20-15-21(2)17-23(4)47-32(43)19-30(25-11-13-26(42)14-12-25)40-35(45)31(18-28-27-9-7-8-10-29(27)39-33(28)37)41(6)36(46)24(5)38-34(44)22(3)16-20;/h7-15,21-24,30-31,39,42H,16-19H2,1-6H3,(H,38,44)(H,40,45);/q;+1/b20-15+;/t21-,22-,23-,24-,30+,31+;/m0./s1. The molecule has 0 aliphatic carbocycles. The van der Waals surface area contributed by atoms with Crippen molar-refractivity contribution >= 4 is 50.5 Å². The Morgan fingerprint density at radius 3 is 2.29 bits per heavy atom. The van der Waals surface area contributed by atoms with Crippen molar-refractivity contribution in [3.63, 3.8) is 0 Å². The molecule has 48 heavy (non-hydrogen) atoms. The van der Waals surface area contributed by atoms with E-state index in [1.807, 2.05) is 52.0 Å². The van der Waals surface area contributed by atoms with Gasteiger partial charge in [-0.1, -0.05) is 55.8 Å². The fraction of sp³-hybridized carbons (Fsp3) is 0.444. The number of hydrogen-bond acceptors (Lipinski definition) is 6. The average Bonchev–Trinajstić information content (AvgIpc) is 3.32. The van der Waals surface area contributed by atoms with E-state index in [4.69, 9.17) is 4.74 Å². The third-order valence-corrected chi connectivity index (χ3v) is 9.35. The number of hydrogen-bond donors (Lipinski definition) is 4. The summed E-state index contributed by atoms with van der Waals surface area (Å²) >= 11 is 3.60. The molecule has 1 aromatic heterocycles. The molecule has 3 aromatic rings. The number of phenolic OH excluding ortho intramolecular Hbond substituents is 1. The Hall–Kier alpha value is -3.52. The predicted octanol–water partition coefficient (Wildman–Crippen LogP) is 2.71. The number of rotatable bonds is 3. The maximum absolute atomic E-state index is 14.3. The first-order valence-electron chi connectivity index (χ1n) is 16.0. The SMILES string of the molecule is C/C1=C\[C@H](C)C[C@H](C)OC(=O)C[C@H](c2ccc(O)cc2)NC(=O)[C@@H](Cc2c(Br)[nH]c3ccccc23)N(C)C(=O)[C@H](C)NC(=O)[C@@H](C)C1.[Li+]. The van der Waals surface area contributed by atoms with Crippen LogP contribution in [-0.2, 0) is 30.3 Å². The van der Waals surface area contributed by atoms with Gasteiger partial charge < -0.3 is 30.4 Å². The molecule has 10 nitrogen and oxygen atoms in total. The van der Waals surface area contributed by atoms with Crippen molar-refractivity contribution in [1.82, 2.24) is 20.5 Å². The number of carbonyl (C=O) groups is 4. The van der Waals surface area contributed by atoms with Crippen molar-refractivity contribution in [2.45, 2.75) is 84.5 Å². The summed E-state index contributed by atoms with van der Waals surface area (Å²) in [5.41, 5.74) is 3.29. The molecule has 0 bridgehead atoms. The Kier molecular flexibility index (Phi) is 14.0. The van der Waals surface area contributed by atoms with Gasteiger partial charge in [-0.2, -0.15) is 0 Å². The number of ether oxygens (including phenoxy) is 1. The van der Waals surface area contributed by atoms with E-state index in [-0.39, 0.29) is 55.2 Å². The minimum atomic E-state index is -1.02.